The van der Waals surface area contributed by atoms with E-state index in [1.165, 1.54) is 30.4 Å². The van der Waals surface area contributed by atoms with Crippen molar-refractivity contribution in [2.45, 2.75) is 38.6 Å². The molecule has 1 aliphatic rings. The van der Waals surface area contributed by atoms with Crippen LogP contribution in [0.2, 0.25) is 0 Å². The lowest BCUT2D eigenvalue weighted by Crippen LogP contribution is -2.27. The highest BCUT2D eigenvalue weighted by molar-refractivity contribution is 9.10. The van der Waals surface area contributed by atoms with Gasteiger partial charge < -0.3 is 5.32 Å². The molecule has 1 unspecified atom stereocenters. The van der Waals surface area contributed by atoms with Crippen LogP contribution >= 0.6 is 15.9 Å². The average Bonchev–Trinajstić information content (AvgIpc) is 2.54. The number of aromatic nitrogens is 1. The molecule has 0 saturated carbocycles. The highest BCUT2D eigenvalue weighted by Crippen LogP contribution is 2.25. The predicted octanol–water partition coefficient (Wildman–Crippen LogP) is 4.21. The van der Waals surface area contributed by atoms with Crippen molar-refractivity contribution < 1.29 is 4.79 Å². The van der Waals surface area contributed by atoms with Gasteiger partial charge in [-0.05, 0) is 71.3 Å². The van der Waals surface area contributed by atoms with E-state index in [0.717, 1.165) is 16.5 Å². The summed E-state index contributed by atoms with van der Waals surface area (Å²) in [6, 6.07) is 8.36. The van der Waals surface area contributed by atoms with Gasteiger partial charge in [-0.3, -0.25) is 9.78 Å². The summed E-state index contributed by atoms with van der Waals surface area (Å²) >= 11 is 3.34. The number of carbonyl (C=O) groups is 1. The van der Waals surface area contributed by atoms with Gasteiger partial charge in [0, 0.05) is 16.9 Å². The fourth-order valence-electron chi connectivity index (χ4n) is 2.92. The number of aryl methyl sites for hydroxylation is 2. The Morgan fingerprint density at radius 1 is 1.18 bits per heavy atom. The lowest BCUT2D eigenvalue weighted by Gasteiger charge is -2.20. The third-order valence-corrected chi connectivity index (χ3v) is 4.62. The lowest BCUT2D eigenvalue weighted by atomic mass is 9.89. The molecule has 1 amide bonds. The van der Waals surface area contributed by atoms with Gasteiger partial charge in [0.2, 0.25) is 0 Å². The summed E-state index contributed by atoms with van der Waals surface area (Å²) in [4.78, 5) is 16.3. The molecule has 22 heavy (non-hydrogen) atoms. The first-order valence-electron chi connectivity index (χ1n) is 7.66. The van der Waals surface area contributed by atoms with E-state index in [-0.39, 0.29) is 11.9 Å². The molecular formula is C18H19BrN2O. The molecule has 2 aromatic rings. The number of amides is 1. The summed E-state index contributed by atoms with van der Waals surface area (Å²) in [7, 11) is 0. The largest absolute Gasteiger partial charge is 0.345 e. The zero-order chi connectivity index (χ0) is 15.5. The molecule has 0 bridgehead atoms. The van der Waals surface area contributed by atoms with Crippen LogP contribution in [0.1, 0.15) is 52.9 Å². The van der Waals surface area contributed by atoms with Gasteiger partial charge in [0.05, 0.1) is 11.6 Å². The number of rotatable bonds is 3. The van der Waals surface area contributed by atoms with Crippen molar-refractivity contribution in [3.8, 4) is 0 Å². The minimum Gasteiger partial charge on any atom is -0.345 e. The van der Waals surface area contributed by atoms with Crippen LogP contribution in [-0.4, -0.2) is 10.9 Å². The van der Waals surface area contributed by atoms with Crippen molar-refractivity contribution in [2.24, 2.45) is 0 Å². The first kappa shape index (κ1) is 15.2. The van der Waals surface area contributed by atoms with E-state index in [0.29, 0.717) is 5.56 Å². The summed E-state index contributed by atoms with van der Waals surface area (Å²) in [6.07, 6.45) is 8.14. The van der Waals surface area contributed by atoms with Crippen LogP contribution in [0.5, 0.6) is 0 Å². The summed E-state index contributed by atoms with van der Waals surface area (Å²) in [5.41, 5.74) is 4.63. The Morgan fingerprint density at radius 3 is 2.73 bits per heavy atom. The fraction of sp³-hybridized carbons (Fsp3) is 0.333. The quantitative estimate of drug-likeness (QED) is 0.892. The molecule has 1 N–H and O–H groups in total. The smallest absolute Gasteiger partial charge is 0.253 e. The number of fused-ring (bicyclic) bond motifs is 1. The summed E-state index contributed by atoms with van der Waals surface area (Å²) in [6.45, 7) is 2.02. The third kappa shape index (κ3) is 3.38. The predicted molar refractivity (Wildman–Crippen MR) is 90.9 cm³/mol. The Labute approximate surface area is 139 Å². The van der Waals surface area contributed by atoms with Gasteiger partial charge in [-0.1, -0.05) is 18.2 Å². The van der Waals surface area contributed by atoms with Crippen molar-refractivity contribution in [1.29, 1.82) is 0 Å². The van der Waals surface area contributed by atoms with E-state index >= 15 is 0 Å². The zero-order valence-electron chi connectivity index (χ0n) is 12.6. The van der Waals surface area contributed by atoms with Gasteiger partial charge >= 0.3 is 0 Å². The Hall–Kier alpha value is -1.68. The molecule has 0 fully saturated rings. The SMILES string of the molecule is CC(NC(=O)c1cncc(Br)c1)c1ccc2c(c1)CCCC2. The maximum absolute atomic E-state index is 12.3. The van der Waals surface area contributed by atoms with E-state index in [1.807, 2.05) is 6.92 Å². The van der Waals surface area contributed by atoms with E-state index in [2.05, 4.69) is 44.4 Å². The molecule has 114 valence electrons. The Balaban J connectivity index is 1.74. The molecule has 1 aromatic carbocycles. The summed E-state index contributed by atoms with van der Waals surface area (Å²) < 4.78 is 0.807. The van der Waals surface area contributed by atoms with Gasteiger partial charge in [0.25, 0.3) is 5.91 Å². The lowest BCUT2D eigenvalue weighted by molar-refractivity contribution is 0.0939. The minimum atomic E-state index is -0.0981. The van der Waals surface area contributed by atoms with Crippen LogP contribution in [0, 0.1) is 0 Å². The van der Waals surface area contributed by atoms with Crippen molar-refractivity contribution >= 4 is 21.8 Å². The molecule has 3 rings (SSSR count). The second-order valence-electron chi connectivity index (χ2n) is 5.82. The van der Waals surface area contributed by atoms with Gasteiger partial charge in [-0.25, -0.2) is 0 Å². The number of pyridine rings is 1. The fourth-order valence-corrected chi connectivity index (χ4v) is 3.29. The number of hydrogen-bond donors (Lipinski definition) is 1. The number of halogens is 1. The van der Waals surface area contributed by atoms with Crippen LogP contribution in [-0.2, 0) is 12.8 Å². The van der Waals surface area contributed by atoms with Gasteiger partial charge in [-0.2, -0.15) is 0 Å². The average molecular weight is 359 g/mol. The first-order chi connectivity index (χ1) is 10.6. The van der Waals surface area contributed by atoms with Crippen molar-refractivity contribution in [3.63, 3.8) is 0 Å². The van der Waals surface area contributed by atoms with E-state index in [4.69, 9.17) is 0 Å². The second-order valence-corrected chi connectivity index (χ2v) is 6.74. The maximum Gasteiger partial charge on any atom is 0.253 e. The van der Waals surface area contributed by atoms with Crippen molar-refractivity contribution in [1.82, 2.24) is 10.3 Å². The zero-order valence-corrected chi connectivity index (χ0v) is 14.2. The maximum atomic E-state index is 12.3. The molecule has 0 spiro atoms. The molecular weight excluding hydrogens is 340 g/mol. The Morgan fingerprint density at radius 2 is 1.95 bits per heavy atom. The molecule has 1 heterocycles. The molecule has 3 nitrogen and oxygen atoms in total. The van der Waals surface area contributed by atoms with E-state index in [9.17, 15) is 4.79 Å². The topological polar surface area (TPSA) is 42.0 Å². The van der Waals surface area contributed by atoms with E-state index in [1.54, 1.807) is 18.5 Å². The molecule has 4 heteroatoms. The van der Waals surface area contributed by atoms with Gasteiger partial charge in [-0.15, -0.1) is 0 Å². The van der Waals surface area contributed by atoms with Crippen LogP contribution in [0.4, 0.5) is 0 Å². The Bertz CT molecular complexity index is 699. The number of nitrogens with zero attached hydrogens (tertiary/aromatic N) is 1. The van der Waals surface area contributed by atoms with Crippen LogP contribution in [0.3, 0.4) is 0 Å². The van der Waals surface area contributed by atoms with Crippen LogP contribution in [0.25, 0.3) is 0 Å². The van der Waals surface area contributed by atoms with Gasteiger partial charge in [0.15, 0.2) is 0 Å². The number of hydrogen-bond acceptors (Lipinski definition) is 2. The van der Waals surface area contributed by atoms with Crippen molar-refractivity contribution in [2.75, 3.05) is 0 Å². The highest BCUT2D eigenvalue weighted by atomic mass is 79.9. The Kier molecular flexibility index (Phi) is 4.57. The van der Waals surface area contributed by atoms with Crippen LogP contribution in [0.15, 0.2) is 41.1 Å². The number of nitrogens with one attached hydrogen (secondary N) is 1. The molecule has 0 radical (unpaired) electrons. The highest BCUT2D eigenvalue weighted by Gasteiger charge is 2.15. The minimum absolute atomic E-state index is 0.0151. The summed E-state index contributed by atoms with van der Waals surface area (Å²) in [5.74, 6) is -0.0981. The molecule has 1 aromatic heterocycles. The first-order valence-corrected chi connectivity index (χ1v) is 8.46. The van der Waals surface area contributed by atoms with Crippen LogP contribution < -0.4 is 5.32 Å². The van der Waals surface area contributed by atoms with Gasteiger partial charge in [0.1, 0.15) is 0 Å². The monoisotopic (exact) mass is 358 g/mol. The second kappa shape index (κ2) is 6.61. The molecule has 0 saturated heterocycles. The normalized spacial score (nSPS) is 15.0. The van der Waals surface area contributed by atoms with Crippen molar-refractivity contribution in [3.05, 3.63) is 63.4 Å². The number of benzene rings is 1. The molecule has 1 atom stereocenters. The third-order valence-electron chi connectivity index (χ3n) is 4.19. The van der Waals surface area contributed by atoms with E-state index < -0.39 is 0 Å². The summed E-state index contributed by atoms with van der Waals surface area (Å²) in [5, 5.41) is 3.05. The standard InChI is InChI=1S/C18H19BrN2O/c1-12(21-18(22)16-9-17(19)11-20-10-16)14-7-6-13-4-2-3-5-15(13)8-14/h6-12H,2-5H2,1H3,(H,21,22). The molecule has 1 aliphatic carbocycles. The number of carbonyl (C=O) groups excluding carboxylic acids is 1. The molecule has 0 aliphatic heterocycles.